The third-order valence-corrected chi connectivity index (χ3v) is 4.85. The van der Waals surface area contributed by atoms with Crippen molar-refractivity contribution in [1.82, 2.24) is 24.8 Å². The average Bonchev–Trinajstić information content (AvgIpc) is 3.40. The number of aliphatic imine (C=N–C) groups is 1. The Morgan fingerprint density at radius 3 is 2.76 bits per heavy atom. The highest BCUT2D eigenvalue weighted by Crippen LogP contribution is 2.19. The Balaban J connectivity index is 0.000000166. The third kappa shape index (κ3) is 5.60. The van der Waals surface area contributed by atoms with Gasteiger partial charge in [0.2, 0.25) is 6.19 Å². The van der Waals surface area contributed by atoms with Gasteiger partial charge in [-0.3, -0.25) is 0 Å². The molecular weight excluding hydrogens is 406 g/mol. The third-order valence-electron chi connectivity index (χ3n) is 4.04. The molecule has 0 radical (unpaired) electrons. The number of imidazole rings is 1. The highest BCUT2D eigenvalue weighted by molar-refractivity contribution is 7.07. The fourth-order valence-electron chi connectivity index (χ4n) is 2.45. The minimum atomic E-state index is 0.476. The van der Waals surface area contributed by atoms with Gasteiger partial charge in [-0.05, 0) is 30.7 Å². The molecule has 4 rings (SSSR count). The first-order valence-corrected chi connectivity index (χ1v) is 9.97. The lowest BCUT2D eigenvalue weighted by atomic mass is 10.3. The van der Waals surface area contributed by atoms with Crippen molar-refractivity contribution in [2.24, 2.45) is 4.99 Å². The number of pyridine rings is 1. The van der Waals surface area contributed by atoms with E-state index in [0.717, 1.165) is 28.1 Å². The van der Waals surface area contributed by atoms with E-state index in [2.05, 4.69) is 24.9 Å². The van der Waals surface area contributed by atoms with Gasteiger partial charge in [-0.15, -0.1) is 11.3 Å². The number of nitriles is 1. The van der Waals surface area contributed by atoms with Gasteiger partial charge in [-0.1, -0.05) is 29.8 Å². The number of halogens is 1. The van der Waals surface area contributed by atoms with E-state index in [1.54, 1.807) is 36.7 Å². The SMILES string of the molecule is C/C(=N\C#N)N(C)Cc1ccc(Cl)nc1.c1ccc2[nH]c(-c3cscn3)nc2c1. The molecular formula is C20H18ClN7S. The molecule has 0 spiro atoms. The zero-order chi connectivity index (χ0) is 20.6. The van der Waals surface area contributed by atoms with E-state index in [1.165, 1.54) is 0 Å². The smallest absolute Gasteiger partial charge is 0.207 e. The molecule has 0 bridgehead atoms. The highest BCUT2D eigenvalue weighted by Gasteiger charge is 2.05. The summed E-state index contributed by atoms with van der Waals surface area (Å²) in [4.78, 5) is 21.4. The molecule has 3 heterocycles. The molecule has 0 atom stereocenters. The topological polar surface area (TPSA) is 93.8 Å². The van der Waals surface area contributed by atoms with Crippen LogP contribution >= 0.6 is 22.9 Å². The van der Waals surface area contributed by atoms with Crippen molar-refractivity contribution < 1.29 is 0 Å². The van der Waals surface area contributed by atoms with Crippen molar-refractivity contribution in [2.45, 2.75) is 13.5 Å². The summed E-state index contributed by atoms with van der Waals surface area (Å²) in [6.45, 7) is 2.44. The van der Waals surface area contributed by atoms with E-state index < -0.39 is 0 Å². The Morgan fingerprint density at radius 2 is 2.10 bits per heavy atom. The van der Waals surface area contributed by atoms with Crippen molar-refractivity contribution in [3.63, 3.8) is 0 Å². The molecule has 9 heteroatoms. The fourth-order valence-corrected chi connectivity index (χ4v) is 3.10. The van der Waals surface area contributed by atoms with E-state index in [9.17, 15) is 0 Å². The average molecular weight is 424 g/mol. The van der Waals surface area contributed by atoms with Gasteiger partial charge in [-0.25, -0.2) is 15.0 Å². The second-order valence-corrected chi connectivity index (χ2v) is 7.19. The molecule has 0 unspecified atom stereocenters. The van der Waals surface area contributed by atoms with Gasteiger partial charge in [0.25, 0.3) is 0 Å². The number of nitrogens with one attached hydrogen (secondary N) is 1. The van der Waals surface area contributed by atoms with Crippen LogP contribution in [0.15, 0.2) is 58.5 Å². The predicted molar refractivity (Wildman–Crippen MR) is 117 cm³/mol. The van der Waals surface area contributed by atoms with Crippen LogP contribution < -0.4 is 0 Å². The molecule has 7 nitrogen and oxygen atoms in total. The van der Waals surface area contributed by atoms with Gasteiger partial charge in [0.05, 0.1) is 16.5 Å². The fraction of sp³-hybridized carbons (Fsp3) is 0.150. The lowest BCUT2D eigenvalue weighted by Crippen LogP contribution is -2.23. The molecule has 1 N–H and O–H groups in total. The van der Waals surface area contributed by atoms with Gasteiger partial charge in [0.1, 0.15) is 16.7 Å². The van der Waals surface area contributed by atoms with Crippen molar-refractivity contribution in [1.29, 1.82) is 5.26 Å². The molecule has 0 amide bonds. The summed E-state index contributed by atoms with van der Waals surface area (Å²) in [7, 11) is 1.87. The van der Waals surface area contributed by atoms with Crippen LogP contribution in [0, 0.1) is 11.5 Å². The van der Waals surface area contributed by atoms with Crippen molar-refractivity contribution in [2.75, 3.05) is 7.05 Å². The summed E-state index contributed by atoms with van der Waals surface area (Å²) >= 11 is 7.24. The molecule has 0 saturated carbocycles. The Bertz CT molecular complexity index is 1090. The van der Waals surface area contributed by atoms with Crippen LogP contribution in [0.3, 0.4) is 0 Å². The largest absolute Gasteiger partial charge is 0.358 e. The van der Waals surface area contributed by atoms with Crippen LogP contribution in [-0.2, 0) is 6.54 Å². The number of nitrogens with zero attached hydrogens (tertiary/aromatic N) is 6. The van der Waals surface area contributed by atoms with Gasteiger partial charge < -0.3 is 9.88 Å². The monoisotopic (exact) mass is 423 g/mol. The number of amidine groups is 1. The van der Waals surface area contributed by atoms with Crippen LogP contribution in [0.5, 0.6) is 0 Å². The number of H-pyrrole nitrogens is 1. The quantitative estimate of drug-likeness (QED) is 0.222. The van der Waals surface area contributed by atoms with Crippen molar-refractivity contribution in [3.05, 3.63) is 64.2 Å². The number of hydrogen-bond donors (Lipinski definition) is 1. The van der Waals surface area contributed by atoms with Gasteiger partial charge >= 0.3 is 0 Å². The van der Waals surface area contributed by atoms with Crippen LogP contribution in [-0.4, -0.2) is 37.7 Å². The molecule has 146 valence electrons. The number of benzene rings is 1. The Hall–Kier alpha value is -3.28. The number of hydrogen-bond acceptors (Lipinski definition) is 6. The molecule has 0 aliphatic rings. The summed E-state index contributed by atoms with van der Waals surface area (Å²) < 4.78 is 0. The minimum absolute atomic E-state index is 0.476. The van der Waals surface area contributed by atoms with E-state index in [0.29, 0.717) is 17.5 Å². The van der Waals surface area contributed by atoms with Crippen LogP contribution in [0.25, 0.3) is 22.6 Å². The van der Waals surface area contributed by atoms with E-state index >= 15 is 0 Å². The Morgan fingerprint density at radius 1 is 1.28 bits per heavy atom. The Kier molecular flexibility index (Phi) is 6.89. The second-order valence-electron chi connectivity index (χ2n) is 6.08. The number of aromatic amines is 1. The first kappa shape index (κ1) is 20.5. The number of aromatic nitrogens is 4. The Labute approximate surface area is 177 Å². The van der Waals surface area contributed by atoms with Crippen LogP contribution in [0.1, 0.15) is 12.5 Å². The van der Waals surface area contributed by atoms with Gasteiger partial charge in [-0.2, -0.15) is 10.3 Å². The van der Waals surface area contributed by atoms with Crippen molar-refractivity contribution >= 4 is 39.8 Å². The number of fused-ring (bicyclic) bond motifs is 1. The van der Waals surface area contributed by atoms with Crippen LogP contribution in [0.4, 0.5) is 0 Å². The normalized spacial score (nSPS) is 10.9. The molecule has 4 aromatic rings. The van der Waals surface area contributed by atoms with E-state index in [-0.39, 0.29) is 0 Å². The lowest BCUT2D eigenvalue weighted by Gasteiger charge is -2.17. The summed E-state index contributed by atoms with van der Waals surface area (Å²) in [5, 5.41) is 10.9. The minimum Gasteiger partial charge on any atom is -0.358 e. The maximum Gasteiger partial charge on any atom is 0.207 e. The van der Waals surface area contributed by atoms with Gasteiger partial charge in [0.15, 0.2) is 5.82 Å². The van der Waals surface area contributed by atoms with E-state index in [4.69, 9.17) is 16.9 Å². The molecule has 0 fully saturated rings. The maximum absolute atomic E-state index is 8.39. The second kappa shape index (κ2) is 9.78. The number of rotatable bonds is 3. The molecule has 0 aliphatic carbocycles. The summed E-state index contributed by atoms with van der Waals surface area (Å²) in [5.74, 6) is 1.51. The summed E-state index contributed by atoms with van der Waals surface area (Å²) in [6.07, 6.45) is 3.46. The maximum atomic E-state index is 8.39. The highest BCUT2D eigenvalue weighted by atomic mass is 35.5. The zero-order valence-electron chi connectivity index (χ0n) is 15.9. The molecule has 29 heavy (non-hydrogen) atoms. The summed E-state index contributed by atoms with van der Waals surface area (Å²) in [6, 6.07) is 11.6. The molecule has 0 aliphatic heterocycles. The number of thiazole rings is 1. The first-order valence-electron chi connectivity index (χ1n) is 8.65. The summed E-state index contributed by atoms with van der Waals surface area (Å²) in [5.41, 5.74) is 5.77. The first-order chi connectivity index (χ1) is 14.1. The predicted octanol–water partition coefficient (Wildman–Crippen LogP) is 4.75. The van der Waals surface area contributed by atoms with E-state index in [1.807, 2.05) is 53.2 Å². The van der Waals surface area contributed by atoms with Crippen LogP contribution in [0.2, 0.25) is 5.15 Å². The molecule has 3 aromatic heterocycles. The number of para-hydroxylation sites is 2. The van der Waals surface area contributed by atoms with Gasteiger partial charge in [0, 0.05) is 25.2 Å². The zero-order valence-corrected chi connectivity index (χ0v) is 17.4. The molecule has 1 aromatic carbocycles. The van der Waals surface area contributed by atoms with Crippen molar-refractivity contribution in [3.8, 4) is 17.7 Å². The lowest BCUT2D eigenvalue weighted by molar-refractivity contribution is 0.497. The standard InChI is InChI=1S/C10H11ClN4.C10H7N3S/c1-8(14-7-12)15(2)6-9-3-4-10(11)13-5-9;1-2-4-8-7(3-1)12-10(13-8)9-5-14-6-11-9/h3-5H,6H2,1-2H3;1-6H,(H,12,13)/b14-8+;. The molecule has 0 saturated heterocycles.